The third-order valence-electron chi connectivity index (χ3n) is 6.12. The number of rotatable bonds is 5. The minimum atomic E-state index is -0.238. The number of carbonyl (C=O) groups is 1. The van der Waals surface area contributed by atoms with Crippen LogP contribution in [0, 0.1) is 0 Å². The van der Waals surface area contributed by atoms with E-state index in [1.165, 1.54) is 5.69 Å². The van der Waals surface area contributed by atoms with Gasteiger partial charge in [0.05, 0.1) is 6.54 Å². The van der Waals surface area contributed by atoms with Gasteiger partial charge in [0.15, 0.2) is 0 Å². The number of fused-ring (bicyclic) bond motifs is 1. The zero-order valence-corrected chi connectivity index (χ0v) is 18.6. The summed E-state index contributed by atoms with van der Waals surface area (Å²) in [6, 6.07) is 4.21. The number of amides is 1. The number of aromatic amines is 1. The summed E-state index contributed by atoms with van der Waals surface area (Å²) in [7, 11) is 3.60. The number of nitrogens with one attached hydrogen (secondary N) is 1. The lowest BCUT2D eigenvalue weighted by molar-refractivity contribution is -0.130. The van der Waals surface area contributed by atoms with Gasteiger partial charge in [-0.15, -0.1) is 0 Å². The lowest BCUT2D eigenvalue weighted by atomic mass is 9.93. The summed E-state index contributed by atoms with van der Waals surface area (Å²) in [4.78, 5) is 40.0. The van der Waals surface area contributed by atoms with E-state index >= 15 is 0 Å². The van der Waals surface area contributed by atoms with Gasteiger partial charge >= 0.3 is 5.69 Å². The molecular weight excluding hydrogens is 392 g/mol. The van der Waals surface area contributed by atoms with Gasteiger partial charge in [-0.3, -0.25) is 14.3 Å². The molecule has 0 bridgehead atoms. The van der Waals surface area contributed by atoms with Crippen molar-refractivity contribution >= 4 is 16.9 Å². The highest BCUT2D eigenvalue weighted by Gasteiger charge is 2.24. The normalized spacial score (nSPS) is 15.6. The van der Waals surface area contributed by atoms with Crippen LogP contribution in [0.15, 0.2) is 35.5 Å². The number of carbonyl (C=O) groups excluding carboxylic acids is 1. The van der Waals surface area contributed by atoms with Crippen molar-refractivity contribution in [2.75, 3.05) is 33.7 Å². The molecule has 0 aromatic carbocycles. The molecule has 1 aliphatic heterocycles. The Kier molecular flexibility index (Phi) is 5.91. The monoisotopic (exact) mass is 422 g/mol. The van der Waals surface area contributed by atoms with E-state index in [0.717, 1.165) is 48.1 Å². The van der Waals surface area contributed by atoms with Crippen LogP contribution in [0.4, 0.5) is 0 Å². The topological polar surface area (TPSA) is 87.1 Å². The summed E-state index contributed by atoms with van der Waals surface area (Å²) in [6.45, 7) is 6.24. The van der Waals surface area contributed by atoms with Gasteiger partial charge in [0, 0.05) is 61.3 Å². The van der Waals surface area contributed by atoms with Crippen molar-refractivity contribution in [3.8, 4) is 11.1 Å². The fraction of sp³-hybridized carbons (Fsp3) is 0.478. The van der Waals surface area contributed by atoms with Crippen LogP contribution >= 0.6 is 0 Å². The number of pyridine rings is 1. The Hall–Kier alpha value is -3.00. The summed E-state index contributed by atoms with van der Waals surface area (Å²) in [5, 5.41) is 1.04. The summed E-state index contributed by atoms with van der Waals surface area (Å²) < 4.78 is 1.65. The molecule has 0 saturated carbocycles. The van der Waals surface area contributed by atoms with E-state index in [4.69, 9.17) is 0 Å². The number of aromatic nitrogens is 4. The van der Waals surface area contributed by atoms with Gasteiger partial charge in [-0.05, 0) is 57.5 Å². The number of hydrogen-bond acceptors (Lipinski definition) is 5. The fourth-order valence-electron chi connectivity index (χ4n) is 4.19. The van der Waals surface area contributed by atoms with Crippen LogP contribution in [0.1, 0.15) is 44.3 Å². The average Bonchev–Trinajstić information content (AvgIpc) is 3.19. The Bertz CT molecular complexity index is 1140. The SMILES string of the molecule is CC(C)n1cc(-c2ccnc3[nH]c(C4CCN(CC(=O)N(C)C)CC4)cc23)cnc1=O. The summed E-state index contributed by atoms with van der Waals surface area (Å²) >= 11 is 0. The third kappa shape index (κ3) is 4.39. The summed E-state index contributed by atoms with van der Waals surface area (Å²) in [6.07, 6.45) is 7.31. The Balaban J connectivity index is 1.57. The van der Waals surface area contributed by atoms with E-state index in [1.807, 2.05) is 26.1 Å². The highest BCUT2D eigenvalue weighted by Crippen LogP contribution is 2.33. The summed E-state index contributed by atoms with van der Waals surface area (Å²) in [5.41, 5.74) is 3.71. The third-order valence-corrected chi connectivity index (χ3v) is 6.12. The molecule has 0 aliphatic carbocycles. The van der Waals surface area contributed by atoms with Gasteiger partial charge in [-0.25, -0.2) is 14.8 Å². The Morgan fingerprint density at radius 3 is 2.68 bits per heavy atom. The van der Waals surface area contributed by atoms with Crippen LogP contribution in [0.5, 0.6) is 0 Å². The Morgan fingerprint density at radius 2 is 2.00 bits per heavy atom. The minimum absolute atomic E-state index is 0.0450. The van der Waals surface area contributed by atoms with Gasteiger partial charge in [0.1, 0.15) is 5.65 Å². The molecule has 8 nitrogen and oxygen atoms in total. The van der Waals surface area contributed by atoms with E-state index in [-0.39, 0.29) is 17.6 Å². The Labute approximate surface area is 181 Å². The van der Waals surface area contributed by atoms with Crippen molar-refractivity contribution in [3.63, 3.8) is 0 Å². The van der Waals surface area contributed by atoms with Crippen molar-refractivity contribution in [1.29, 1.82) is 0 Å². The molecule has 0 spiro atoms. The van der Waals surface area contributed by atoms with Crippen LogP contribution in [-0.4, -0.2) is 69.0 Å². The molecule has 4 rings (SSSR count). The van der Waals surface area contributed by atoms with E-state index < -0.39 is 0 Å². The molecule has 3 aromatic heterocycles. The van der Waals surface area contributed by atoms with Gasteiger partial charge in [0.2, 0.25) is 5.91 Å². The molecule has 31 heavy (non-hydrogen) atoms. The maximum atomic E-state index is 12.1. The molecular formula is C23H30N6O2. The van der Waals surface area contributed by atoms with Crippen molar-refractivity contribution in [2.24, 2.45) is 0 Å². The van der Waals surface area contributed by atoms with Crippen LogP contribution in [-0.2, 0) is 4.79 Å². The van der Waals surface area contributed by atoms with Gasteiger partial charge in [-0.1, -0.05) is 0 Å². The first kappa shape index (κ1) is 21.2. The number of piperidine rings is 1. The van der Waals surface area contributed by atoms with E-state index in [2.05, 4.69) is 25.9 Å². The highest BCUT2D eigenvalue weighted by atomic mass is 16.2. The van der Waals surface area contributed by atoms with Crippen molar-refractivity contribution in [1.82, 2.24) is 29.3 Å². The average molecular weight is 423 g/mol. The van der Waals surface area contributed by atoms with Crippen LogP contribution < -0.4 is 5.69 Å². The van der Waals surface area contributed by atoms with Crippen LogP contribution in [0.3, 0.4) is 0 Å². The predicted octanol–water partition coefficient (Wildman–Crippen LogP) is 2.64. The number of likely N-dealkylation sites (tertiary alicyclic amines) is 1. The van der Waals surface area contributed by atoms with E-state index in [0.29, 0.717) is 12.5 Å². The second-order valence-corrected chi connectivity index (χ2v) is 8.81. The highest BCUT2D eigenvalue weighted by molar-refractivity contribution is 5.93. The lowest BCUT2D eigenvalue weighted by Gasteiger charge is -2.31. The van der Waals surface area contributed by atoms with E-state index in [9.17, 15) is 9.59 Å². The molecule has 4 heterocycles. The molecule has 1 saturated heterocycles. The second kappa shape index (κ2) is 8.63. The molecule has 3 aromatic rings. The quantitative estimate of drug-likeness (QED) is 0.683. The largest absolute Gasteiger partial charge is 0.348 e. The van der Waals surface area contributed by atoms with Crippen molar-refractivity contribution in [3.05, 3.63) is 46.9 Å². The smallest absolute Gasteiger partial charge is 0.347 e. The maximum absolute atomic E-state index is 12.1. The molecule has 1 aliphatic rings. The van der Waals surface area contributed by atoms with Crippen molar-refractivity contribution < 1.29 is 4.79 Å². The minimum Gasteiger partial charge on any atom is -0.348 e. The molecule has 0 atom stereocenters. The first-order valence-electron chi connectivity index (χ1n) is 10.8. The number of likely N-dealkylation sites (N-methyl/N-ethyl adjacent to an activating group) is 1. The van der Waals surface area contributed by atoms with Gasteiger partial charge in [-0.2, -0.15) is 0 Å². The van der Waals surface area contributed by atoms with Crippen LogP contribution in [0.2, 0.25) is 0 Å². The zero-order valence-electron chi connectivity index (χ0n) is 18.6. The fourth-order valence-corrected chi connectivity index (χ4v) is 4.19. The first-order chi connectivity index (χ1) is 14.8. The molecule has 164 valence electrons. The molecule has 8 heteroatoms. The lowest BCUT2D eigenvalue weighted by Crippen LogP contribution is -2.40. The van der Waals surface area contributed by atoms with Gasteiger partial charge < -0.3 is 9.88 Å². The number of H-pyrrole nitrogens is 1. The zero-order chi connectivity index (χ0) is 22.1. The number of hydrogen-bond donors (Lipinski definition) is 1. The summed E-state index contributed by atoms with van der Waals surface area (Å²) in [5.74, 6) is 0.560. The molecule has 0 radical (unpaired) electrons. The predicted molar refractivity (Wildman–Crippen MR) is 121 cm³/mol. The van der Waals surface area contributed by atoms with Crippen LogP contribution in [0.25, 0.3) is 22.2 Å². The first-order valence-corrected chi connectivity index (χ1v) is 10.8. The number of nitrogens with zero attached hydrogens (tertiary/aromatic N) is 5. The van der Waals surface area contributed by atoms with Crippen molar-refractivity contribution in [2.45, 2.75) is 38.6 Å². The molecule has 1 amide bonds. The van der Waals surface area contributed by atoms with E-state index in [1.54, 1.807) is 36.0 Å². The molecule has 1 fully saturated rings. The van der Waals surface area contributed by atoms with Gasteiger partial charge in [0.25, 0.3) is 0 Å². The maximum Gasteiger partial charge on any atom is 0.347 e. The molecule has 0 unspecified atom stereocenters. The molecule has 1 N–H and O–H groups in total. The second-order valence-electron chi connectivity index (χ2n) is 8.81. The standard InChI is InChI=1S/C23H30N6O2/c1-15(2)29-13-17(12-25-23(29)31)18-5-8-24-22-19(18)11-20(26-22)16-6-9-28(10-7-16)14-21(30)27(3)4/h5,8,11-13,15-16H,6-7,9-10,14H2,1-4H3,(H,24,26). The Morgan fingerprint density at radius 1 is 1.26 bits per heavy atom.